The summed E-state index contributed by atoms with van der Waals surface area (Å²) in [6, 6.07) is 0.271. The van der Waals surface area contributed by atoms with E-state index < -0.39 is 0 Å². The zero-order valence-corrected chi connectivity index (χ0v) is 10.0. The van der Waals surface area contributed by atoms with Gasteiger partial charge in [-0.3, -0.25) is 9.59 Å². The number of primary amides is 1. The van der Waals surface area contributed by atoms with Crippen LogP contribution in [0.1, 0.15) is 33.1 Å². The fraction of sp³-hybridized carbons (Fsp3) is 0.818. The lowest BCUT2D eigenvalue weighted by Gasteiger charge is -2.17. The fourth-order valence-electron chi connectivity index (χ4n) is 1.96. The zero-order valence-electron chi connectivity index (χ0n) is 10.0. The summed E-state index contributed by atoms with van der Waals surface area (Å²) in [5, 5.41) is 3.24. The molecule has 0 aromatic heterocycles. The number of carbonyl (C=O) groups excluding carboxylic acids is 2. The Labute approximate surface area is 96.4 Å². The second-order valence-corrected chi connectivity index (χ2v) is 4.56. The van der Waals surface area contributed by atoms with Crippen molar-refractivity contribution in [1.29, 1.82) is 0 Å². The minimum absolute atomic E-state index is 0.0476. The van der Waals surface area contributed by atoms with Crippen molar-refractivity contribution < 1.29 is 9.59 Å². The maximum Gasteiger partial charge on any atom is 0.239 e. The lowest BCUT2D eigenvalue weighted by molar-refractivity contribution is -0.130. The second-order valence-electron chi connectivity index (χ2n) is 4.56. The standard InChI is InChI=1S/C11H21N3O2/c1-8(2)13-9-5-7-14(11(9)16)6-3-4-10(12)15/h8-9,13H,3-7H2,1-2H3,(H2,12,15). The molecule has 5 heteroatoms. The lowest BCUT2D eigenvalue weighted by atomic mass is 10.2. The van der Waals surface area contributed by atoms with Gasteiger partial charge in [0.1, 0.15) is 0 Å². The summed E-state index contributed by atoms with van der Waals surface area (Å²) >= 11 is 0. The SMILES string of the molecule is CC(C)NC1CCN(CCCC(N)=O)C1=O. The Morgan fingerprint density at radius 2 is 2.31 bits per heavy atom. The smallest absolute Gasteiger partial charge is 0.239 e. The van der Waals surface area contributed by atoms with Gasteiger partial charge in [-0.25, -0.2) is 0 Å². The molecule has 1 aliphatic heterocycles. The van der Waals surface area contributed by atoms with E-state index in [1.54, 1.807) is 0 Å². The van der Waals surface area contributed by atoms with Gasteiger partial charge in [0.2, 0.25) is 11.8 Å². The van der Waals surface area contributed by atoms with Crippen molar-refractivity contribution in [2.75, 3.05) is 13.1 Å². The monoisotopic (exact) mass is 227 g/mol. The molecule has 1 fully saturated rings. The van der Waals surface area contributed by atoms with E-state index in [0.29, 0.717) is 25.4 Å². The average Bonchev–Trinajstić information content (AvgIpc) is 2.48. The number of nitrogens with zero attached hydrogens (tertiary/aromatic N) is 1. The molecule has 1 heterocycles. The van der Waals surface area contributed by atoms with E-state index in [0.717, 1.165) is 13.0 Å². The summed E-state index contributed by atoms with van der Waals surface area (Å²) in [6.45, 7) is 5.48. The minimum atomic E-state index is -0.302. The van der Waals surface area contributed by atoms with Gasteiger partial charge in [0.25, 0.3) is 0 Å². The molecule has 5 nitrogen and oxygen atoms in total. The van der Waals surface area contributed by atoms with Crippen LogP contribution in [0.4, 0.5) is 0 Å². The Morgan fingerprint density at radius 1 is 1.62 bits per heavy atom. The van der Waals surface area contributed by atoms with Gasteiger partial charge in [-0.05, 0) is 12.8 Å². The van der Waals surface area contributed by atoms with Crippen LogP contribution < -0.4 is 11.1 Å². The predicted octanol–water partition coefficient (Wildman–Crippen LogP) is -0.149. The highest BCUT2D eigenvalue weighted by Crippen LogP contribution is 2.12. The van der Waals surface area contributed by atoms with E-state index in [4.69, 9.17) is 5.73 Å². The van der Waals surface area contributed by atoms with E-state index in [1.807, 2.05) is 18.7 Å². The van der Waals surface area contributed by atoms with E-state index >= 15 is 0 Å². The first-order valence-corrected chi connectivity index (χ1v) is 5.84. The number of carbonyl (C=O) groups is 2. The van der Waals surface area contributed by atoms with E-state index in [1.165, 1.54) is 0 Å². The molecular formula is C11H21N3O2. The van der Waals surface area contributed by atoms with Crippen LogP contribution in [0.25, 0.3) is 0 Å². The Hall–Kier alpha value is -1.10. The molecule has 0 aliphatic carbocycles. The van der Waals surface area contributed by atoms with E-state index in [2.05, 4.69) is 5.32 Å². The number of hydrogen-bond acceptors (Lipinski definition) is 3. The van der Waals surface area contributed by atoms with Crippen molar-refractivity contribution in [2.45, 2.75) is 45.2 Å². The average molecular weight is 227 g/mol. The molecule has 3 N–H and O–H groups in total. The van der Waals surface area contributed by atoms with Gasteiger partial charge < -0.3 is 16.0 Å². The van der Waals surface area contributed by atoms with Crippen LogP contribution in [0.15, 0.2) is 0 Å². The summed E-state index contributed by atoms with van der Waals surface area (Å²) in [5.74, 6) is -0.151. The highest BCUT2D eigenvalue weighted by molar-refractivity contribution is 5.84. The van der Waals surface area contributed by atoms with Crippen molar-refractivity contribution in [3.8, 4) is 0 Å². The first-order chi connectivity index (χ1) is 7.50. The third-order valence-corrected chi connectivity index (χ3v) is 2.68. The third-order valence-electron chi connectivity index (χ3n) is 2.68. The van der Waals surface area contributed by atoms with Crippen molar-refractivity contribution in [2.24, 2.45) is 5.73 Å². The van der Waals surface area contributed by atoms with E-state index in [-0.39, 0.29) is 17.9 Å². The van der Waals surface area contributed by atoms with Crippen LogP contribution in [-0.4, -0.2) is 41.9 Å². The summed E-state index contributed by atoms with van der Waals surface area (Å²) in [4.78, 5) is 24.2. The zero-order chi connectivity index (χ0) is 12.1. The molecule has 0 spiro atoms. The van der Waals surface area contributed by atoms with Crippen LogP contribution in [0.3, 0.4) is 0 Å². The molecule has 1 aliphatic rings. The summed E-state index contributed by atoms with van der Waals surface area (Å²) in [6.07, 6.45) is 1.87. The van der Waals surface area contributed by atoms with Crippen LogP contribution >= 0.6 is 0 Å². The maximum absolute atomic E-state index is 11.9. The normalized spacial score (nSPS) is 20.8. The molecule has 1 saturated heterocycles. The van der Waals surface area contributed by atoms with Gasteiger partial charge in [0, 0.05) is 25.6 Å². The van der Waals surface area contributed by atoms with Gasteiger partial charge in [0.15, 0.2) is 0 Å². The van der Waals surface area contributed by atoms with Gasteiger partial charge in [-0.1, -0.05) is 13.8 Å². The number of nitrogens with two attached hydrogens (primary N) is 1. The molecule has 16 heavy (non-hydrogen) atoms. The molecule has 92 valence electrons. The first kappa shape index (κ1) is 13.0. The quantitative estimate of drug-likeness (QED) is 0.662. The molecular weight excluding hydrogens is 206 g/mol. The maximum atomic E-state index is 11.9. The molecule has 1 unspecified atom stereocenters. The van der Waals surface area contributed by atoms with Crippen LogP contribution in [0.2, 0.25) is 0 Å². The second kappa shape index (κ2) is 5.84. The number of likely N-dealkylation sites (tertiary alicyclic amines) is 1. The summed E-state index contributed by atoms with van der Waals surface area (Å²) in [7, 11) is 0. The number of rotatable bonds is 6. The fourth-order valence-corrected chi connectivity index (χ4v) is 1.96. The predicted molar refractivity (Wildman–Crippen MR) is 61.7 cm³/mol. The highest BCUT2D eigenvalue weighted by atomic mass is 16.2. The van der Waals surface area contributed by atoms with Gasteiger partial charge in [-0.2, -0.15) is 0 Å². The lowest BCUT2D eigenvalue weighted by Crippen LogP contribution is -2.41. The third kappa shape index (κ3) is 3.81. The van der Waals surface area contributed by atoms with Gasteiger partial charge >= 0.3 is 0 Å². The van der Waals surface area contributed by atoms with Crippen molar-refractivity contribution in [1.82, 2.24) is 10.2 Å². The van der Waals surface area contributed by atoms with Gasteiger partial charge in [-0.15, -0.1) is 0 Å². The van der Waals surface area contributed by atoms with Crippen LogP contribution in [0.5, 0.6) is 0 Å². The Bertz CT molecular complexity index is 266. The molecule has 0 bridgehead atoms. The largest absolute Gasteiger partial charge is 0.370 e. The topological polar surface area (TPSA) is 75.4 Å². The van der Waals surface area contributed by atoms with Crippen molar-refractivity contribution in [3.63, 3.8) is 0 Å². The van der Waals surface area contributed by atoms with E-state index in [9.17, 15) is 9.59 Å². The molecule has 1 atom stereocenters. The molecule has 2 amide bonds. The van der Waals surface area contributed by atoms with Crippen LogP contribution in [-0.2, 0) is 9.59 Å². The summed E-state index contributed by atoms with van der Waals surface area (Å²) in [5.41, 5.74) is 5.05. The Morgan fingerprint density at radius 3 is 2.88 bits per heavy atom. The minimum Gasteiger partial charge on any atom is -0.370 e. The van der Waals surface area contributed by atoms with Gasteiger partial charge in [0.05, 0.1) is 6.04 Å². The molecule has 0 aromatic rings. The first-order valence-electron chi connectivity index (χ1n) is 5.84. The number of amides is 2. The number of nitrogens with one attached hydrogen (secondary N) is 1. The van der Waals surface area contributed by atoms with Crippen LogP contribution in [0, 0.1) is 0 Å². The molecule has 0 radical (unpaired) electrons. The summed E-state index contributed by atoms with van der Waals surface area (Å²) < 4.78 is 0. The highest BCUT2D eigenvalue weighted by Gasteiger charge is 2.31. The van der Waals surface area contributed by atoms with Crippen molar-refractivity contribution in [3.05, 3.63) is 0 Å². The molecule has 0 aromatic carbocycles. The molecule has 0 saturated carbocycles. The Kier molecular flexibility index (Phi) is 4.73. The number of hydrogen-bond donors (Lipinski definition) is 2. The van der Waals surface area contributed by atoms with Crippen molar-refractivity contribution >= 4 is 11.8 Å². The molecule has 1 rings (SSSR count). The Balaban J connectivity index is 2.30.